The fourth-order valence-corrected chi connectivity index (χ4v) is 2.62. The van der Waals surface area contributed by atoms with Gasteiger partial charge < -0.3 is 0 Å². The minimum Gasteiger partial charge on any atom is -0.294 e. The molecule has 1 saturated heterocycles. The molecule has 2 heterocycles. The lowest BCUT2D eigenvalue weighted by molar-refractivity contribution is 0.0850. The third-order valence-corrected chi connectivity index (χ3v) is 3.80. The Hall–Kier alpha value is -1.39. The van der Waals surface area contributed by atoms with Crippen molar-refractivity contribution in [2.75, 3.05) is 13.1 Å². The maximum Gasteiger partial charge on any atom is 0.123 e. The van der Waals surface area contributed by atoms with E-state index in [1.54, 1.807) is 6.20 Å². The van der Waals surface area contributed by atoms with Gasteiger partial charge >= 0.3 is 0 Å². The summed E-state index contributed by atoms with van der Waals surface area (Å²) in [6, 6.07) is 7.21. The van der Waals surface area contributed by atoms with E-state index in [-0.39, 0.29) is 5.82 Å². The summed E-state index contributed by atoms with van der Waals surface area (Å²) in [5.41, 5.74) is 1.19. The Morgan fingerprint density at radius 3 is 2.63 bits per heavy atom. The van der Waals surface area contributed by atoms with Crippen LogP contribution in [0.25, 0.3) is 0 Å². The molecule has 2 aromatic rings. The van der Waals surface area contributed by atoms with Crippen LogP contribution in [0.15, 0.2) is 36.7 Å². The smallest absolute Gasteiger partial charge is 0.123 e. The van der Waals surface area contributed by atoms with Crippen molar-refractivity contribution < 1.29 is 4.39 Å². The highest BCUT2D eigenvalue weighted by Gasteiger charge is 2.28. The molecule has 5 heteroatoms. The van der Waals surface area contributed by atoms with E-state index in [4.69, 9.17) is 11.6 Å². The normalized spacial score (nSPS) is 19.4. The van der Waals surface area contributed by atoms with Gasteiger partial charge in [0.05, 0.1) is 17.8 Å². The maximum absolute atomic E-state index is 12.9. The molecule has 0 N–H and O–H groups in total. The second kappa shape index (κ2) is 5.31. The first-order valence-electron chi connectivity index (χ1n) is 6.40. The monoisotopic (exact) mass is 279 g/mol. The lowest BCUT2D eigenvalue weighted by Crippen LogP contribution is -2.42. The summed E-state index contributed by atoms with van der Waals surface area (Å²) in [6.07, 6.45) is 4.61. The first-order valence-corrected chi connectivity index (χ1v) is 6.77. The van der Waals surface area contributed by atoms with Crippen molar-refractivity contribution in [2.45, 2.75) is 19.0 Å². The average Bonchev–Trinajstić information content (AvgIpc) is 2.77. The summed E-state index contributed by atoms with van der Waals surface area (Å²) in [7, 11) is 0. The number of rotatable bonds is 4. The van der Waals surface area contributed by atoms with Crippen LogP contribution < -0.4 is 0 Å². The third-order valence-electron chi connectivity index (χ3n) is 3.60. The zero-order valence-corrected chi connectivity index (χ0v) is 11.2. The number of benzene rings is 1. The Morgan fingerprint density at radius 1 is 1.26 bits per heavy atom. The van der Waals surface area contributed by atoms with Gasteiger partial charge in [-0.1, -0.05) is 23.7 Å². The number of hydrogen-bond donors (Lipinski definition) is 0. The largest absolute Gasteiger partial charge is 0.294 e. The van der Waals surface area contributed by atoms with Gasteiger partial charge in [-0.2, -0.15) is 5.10 Å². The lowest BCUT2D eigenvalue weighted by atomic mass is 9.95. The Kier molecular flexibility index (Phi) is 3.53. The van der Waals surface area contributed by atoms with E-state index in [1.165, 1.54) is 17.7 Å². The third kappa shape index (κ3) is 2.80. The first-order chi connectivity index (χ1) is 9.22. The number of likely N-dealkylation sites (tertiary alicyclic amines) is 1. The van der Waals surface area contributed by atoms with E-state index in [9.17, 15) is 4.39 Å². The van der Waals surface area contributed by atoms with Crippen LogP contribution in [0.4, 0.5) is 4.39 Å². The first kappa shape index (κ1) is 12.6. The highest BCUT2D eigenvalue weighted by molar-refractivity contribution is 6.30. The van der Waals surface area contributed by atoms with E-state index < -0.39 is 0 Å². The molecule has 0 aliphatic carbocycles. The fourth-order valence-electron chi connectivity index (χ4n) is 2.46. The molecule has 0 spiro atoms. The summed E-state index contributed by atoms with van der Waals surface area (Å²) in [5.74, 6) is -0.180. The standard InChI is InChI=1S/C14H15ClFN3/c15-12-9-17-19(10-12)8-7-18-6-5-14(18)11-1-3-13(16)4-2-11/h1-4,9-10,14H,5-8H2/t14-/m0/s1. The van der Waals surface area contributed by atoms with Crippen LogP contribution in [0.1, 0.15) is 18.0 Å². The summed E-state index contributed by atoms with van der Waals surface area (Å²) < 4.78 is 14.8. The van der Waals surface area contributed by atoms with E-state index >= 15 is 0 Å². The fraction of sp³-hybridized carbons (Fsp3) is 0.357. The molecule has 3 rings (SSSR count). The van der Waals surface area contributed by atoms with Crippen molar-refractivity contribution in [1.82, 2.24) is 14.7 Å². The summed E-state index contributed by atoms with van der Waals surface area (Å²) in [5, 5.41) is 4.83. The van der Waals surface area contributed by atoms with Gasteiger partial charge in [-0.05, 0) is 24.1 Å². The van der Waals surface area contributed by atoms with Crippen LogP contribution in [0, 0.1) is 5.82 Å². The Morgan fingerprint density at radius 2 is 2.05 bits per heavy atom. The zero-order valence-electron chi connectivity index (χ0n) is 10.5. The highest BCUT2D eigenvalue weighted by atomic mass is 35.5. The number of hydrogen-bond acceptors (Lipinski definition) is 2. The van der Waals surface area contributed by atoms with E-state index in [0.29, 0.717) is 11.1 Å². The number of aromatic nitrogens is 2. The van der Waals surface area contributed by atoms with Gasteiger partial charge in [0.25, 0.3) is 0 Å². The molecule has 0 amide bonds. The average molecular weight is 280 g/mol. The predicted molar refractivity (Wildman–Crippen MR) is 72.6 cm³/mol. The zero-order chi connectivity index (χ0) is 13.2. The minimum atomic E-state index is -0.180. The van der Waals surface area contributed by atoms with Crippen LogP contribution in [0.5, 0.6) is 0 Å². The van der Waals surface area contributed by atoms with Crippen molar-refractivity contribution in [3.63, 3.8) is 0 Å². The number of halogens is 2. The second-order valence-corrected chi connectivity index (χ2v) is 5.25. The van der Waals surface area contributed by atoms with Gasteiger partial charge in [0.15, 0.2) is 0 Å². The van der Waals surface area contributed by atoms with Crippen molar-refractivity contribution in [3.05, 3.63) is 53.1 Å². The van der Waals surface area contributed by atoms with E-state index in [2.05, 4.69) is 10.00 Å². The molecule has 0 bridgehead atoms. The molecule has 0 saturated carbocycles. The molecule has 0 radical (unpaired) electrons. The van der Waals surface area contributed by atoms with Gasteiger partial charge in [0, 0.05) is 25.3 Å². The number of nitrogens with zero attached hydrogens (tertiary/aromatic N) is 3. The van der Waals surface area contributed by atoms with Crippen LogP contribution >= 0.6 is 11.6 Å². The van der Waals surface area contributed by atoms with Crippen molar-refractivity contribution >= 4 is 11.6 Å². The van der Waals surface area contributed by atoms with Crippen molar-refractivity contribution in [1.29, 1.82) is 0 Å². The maximum atomic E-state index is 12.9. The molecule has 19 heavy (non-hydrogen) atoms. The van der Waals surface area contributed by atoms with Crippen molar-refractivity contribution in [2.24, 2.45) is 0 Å². The molecule has 100 valence electrons. The molecule has 1 aromatic carbocycles. The molecule has 3 nitrogen and oxygen atoms in total. The molecule has 1 atom stereocenters. The molecule has 1 aromatic heterocycles. The van der Waals surface area contributed by atoms with E-state index in [1.807, 2.05) is 23.0 Å². The molecule has 0 unspecified atom stereocenters. The van der Waals surface area contributed by atoms with Gasteiger partial charge in [-0.15, -0.1) is 0 Å². The quantitative estimate of drug-likeness (QED) is 0.857. The lowest BCUT2D eigenvalue weighted by Gasteiger charge is -2.41. The van der Waals surface area contributed by atoms with Crippen LogP contribution in [-0.2, 0) is 6.54 Å². The van der Waals surface area contributed by atoms with Gasteiger partial charge in [-0.3, -0.25) is 9.58 Å². The van der Waals surface area contributed by atoms with Gasteiger partial charge in [-0.25, -0.2) is 4.39 Å². The van der Waals surface area contributed by atoms with Crippen LogP contribution in [-0.4, -0.2) is 27.8 Å². The molecular weight excluding hydrogens is 265 g/mol. The molecule has 1 aliphatic heterocycles. The van der Waals surface area contributed by atoms with E-state index in [0.717, 1.165) is 26.1 Å². The second-order valence-electron chi connectivity index (χ2n) is 4.81. The molecule has 1 fully saturated rings. The summed E-state index contributed by atoms with van der Waals surface area (Å²) >= 11 is 5.83. The predicted octanol–water partition coefficient (Wildman–Crippen LogP) is 3.12. The van der Waals surface area contributed by atoms with Crippen LogP contribution in [0.2, 0.25) is 5.02 Å². The SMILES string of the molecule is Fc1ccc([C@@H]2CCN2CCn2cc(Cl)cn2)cc1. The van der Waals surface area contributed by atoms with Crippen LogP contribution in [0.3, 0.4) is 0 Å². The topological polar surface area (TPSA) is 21.1 Å². The van der Waals surface area contributed by atoms with Gasteiger partial charge in [0.1, 0.15) is 5.82 Å². The minimum absolute atomic E-state index is 0.180. The summed E-state index contributed by atoms with van der Waals surface area (Å²) in [4.78, 5) is 2.38. The molecular formula is C14H15ClFN3. The Bertz CT molecular complexity index is 552. The summed E-state index contributed by atoms with van der Waals surface area (Å²) in [6.45, 7) is 2.83. The Labute approximate surface area is 116 Å². The Balaban J connectivity index is 1.59. The molecule has 1 aliphatic rings. The van der Waals surface area contributed by atoms with Crippen molar-refractivity contribution in [3.8, 4) is 0 Å². The van der Waals surface area contributed by atoms with Gasteiger partial charge in [0.2, 0.25) is 0 Å². The highest BCUT2D eigenvalue weighted by Crippen LogP contribution is 2.32.